The van der Waals surface area contributed by atoms with Crippen LogP contribution in [0.1, 0.15) is 245 Å². The lowest BCUT2D eigenvalue weighted by atomic mass is 10.0. The van der Waals surface area contributed by atoms with Crippen LogP contribution >= 0.6 is 0 Å². The molecule has 0 aromatic rings. The Morgan fingerprint density at radius 2 is 0.364 bits per heavy atom. The highest BCUT2D eigenvalue weighted by atomic mass is 79.9. The SMILES string of the molecule is CCCCCCCCCCCCCCCCCCCC[N+](C)(C)CCCCCCCCCCCCCCCCCCCC.[Br-]. The van der Waals surface area contributed by atoms with E-state index in [0.29, 0.717) is 0 Å². The topological polar surface area (TPSA) is 0 Å². The van der Waals surface area contributed by atoms with Crippen molar-refractivity contribution in [2.75, 3.05) is 27.2 Å². The zero-order chi connectivity index (χ0) is 31.4. The second-order valence-corrected chi connectivity index (χ2v) is 15.4. The quantitative estimate of drug-likeness (QED) is 0.0448. The van der Waals surface area contributed by atoms with Crippen LogP contribution in [0.5, 0.6) is 0 Å². The lowest BCUT2D eigenvalue weighted by Crippen LogP contribution is -3.00. The van der Waals surface area contributed by atoms with Gasteiger partial charge in [-0.25, -0.2) is 0 Å². The largest absolute Gasteiger partial charge is 1.00 e. The molecule has 44 heavy (non-hydrogen) atoms. The molecule has 0 saturated carbocycles. The van der Waals surface area contributed by atoms with Crippen molar-refractivity contribution in [1.29, 1.82) is 0 Å². The lowest BCUT2D eigenvalue weighted by molar-refractivity contribution is -0.890. The van der Waals surface area contributed by atoms with E-state index in [-0.39, 0.29) is 17.0 Å². The first kappa shape index (κ1) is 46.6. The van der Waals surface area contributed by atoms with Gasteiger partial charge < -0.3 is 21.5 Å². The molecule has 0 amide bonds. The average molecular weight is 687 g/mol. The molecule has 0 saturated heterocycles. The molecule has 0 bridgehead atoms. The van der Waals surface area contributed by atoms with Gasteiger partial charge in [-0.05, 0) is 25.7 Å². The second kappa shape index (κ2) is 39.6. The molecule has 0 N–H and O–H groups in total. The third-order valence-electron chi connectivity index (χ3n) is 10.2. The Hall–Kier alpha value is 0.440. The second-order valence-electron chi connectivity index (χ2n) is 15.4. The molecule has 0 aliphatic rings. The summed E-state index contributed by atoms with van der Waals surface area (Å²) in [6.07, 6.45) is 52.9. The fourth-order valence-corrected chi connectivity index (χ4v) is 6.99. The third-order valence-corrected chi connectivity index (χ3v) is 10.2. The molecule has 0 fully saturated rings. The summed E-state index contributed by atoms with van der Waals surface area (Å²) in [5.74, 6) is 0. The van der Waals surface area contributed by atoms with Gasteiger partial charge in [0.1, 0.15) is 0 Å². The Morgan fingerprint density at radius 1 is 0.227 bits per heavy atom. The zero-order valence-electron chi connectivity index (χ0n) is 31.7. The van der Waals surface area contributed by atoms with Gasteiger partial charge in [0.2, 0.25) is 0 Å². The van der Waals surface area contributed by atoms with Crippen molar-refractivity contribution in [3.63, 3.8) is 0 Å². The standard InChI is InChI=1S/C42H88N.BrH/c1-5-7-9-11-13-15-17-19-21-23-25-27-29-31-33-35-37-39-41-43(3,4)42-40-38-36-34-32-30-28-26-24-22-20-18-16-14-12-10-8-6-2;/h5-42H2,1-4H3;1H/q+1;/p-1. The van der Waals surface area contributed by atoms with Gasteiger partial charge in [-0.15, -0.1) is 0 Å². The minimum absolute atomic E-state index is 0. The molecule has 0 atom stereocenters. The Bertz CT molecular complexity index is 448. The summed E-state index contributed by atoms with van der Waals surface area (Å²) in [7, 11) is 4.95. The highest BCUT2D eigenvalue weighted by molar-refractivity contribution is 4.53. The maximum absolute atomic E-state index is 2.47. The van der Waals surface area contributed by atoms with Crippen LogP contribution in [0, 0.1) is 0 Å². The maximum atomic E-state index is 2.47. The van der Waals surface area contributed by atoms with Gasteiger partial charge in [-0.3, -0.25) is 0 Å². The molecule has 0 spiro atoms. The molecule has 0 aromatic carbocycles. The predicted molar refractivity (Wildman–Crippen MR) is 199 cm³/mol. The number of rotatable bonds is 38. The van der Waals surface area contributed by atoms with Crippen LogP contribution in [0.4, 0.5) is 0 Å². The van der Waals surface area contributed by atoms with E-state index in [9.17, 15) is 0 Å². The Labute approximate surface area is 292 Å². The minimum Gasteiger partial charge on any atom is -1.00 e. The van der Waals surface area contributed by atoms with Gasteiger partial charge >= 0.3 is 0 Å². The number of hydrogen-bond donors (Lipinski definition) is 0. The van der Waals surface area contributed by atoms with Crippen molar-refractivity contribution in [3.8, 4) is 0 Å². The number of hydrogen-bond acceptors (Lipinski definition) is 0. The van der Waals surface area contributed by atoms with Crippen LogP contribution in [0.15, 0.2) is 0 Å². The molecule has 0 rings (SSSR count). The molecule has 1 nitrogen and oxygen atoms in total. The van der Waals surface area contributed by atoms with Gasteiger partial charge in [0.05, 0.1) is 27.2 Å². The van der Waals surface area contributed by atoms with Gasteiger partial charge in [0, 0.05) is 0 Å². The van der Waals surface area contributed by atoms with Crippen LogP contribution in [0.25, 0.3) is 0 Å². The lowest BCUT2D eigenvalue weighted by Gasteiger charge is -2.30. The molecule has 0 aliphatic heterocycles. The van der Waals surface area contributed by atoms with E-state index in [1.165, 1.54) is 249 Å². The van der Waals surface area contributed by atoms with E-state index < -0.39 is 0 Å². The van der Waals surface area contributed by atoms with E-state index in [0.717, 1.165) is 0 Å². The first-order valence-electron chi connectivity index (χ1n) is 20.9. The van der Waals surface area contributed by atoms with Crippen LogP contribution in [-0.4, -0.2) is 31.7 Å². The predicted octanol–water partition coefficient (Wildman–Crippen LogP) is 12.2. The first-order chi connectivity index (χ1) is 21.1. The van der Waals surface area contributed by atoms with E-state index in [1.807, 2.05) is 0 Å². The molecule has 0 radical (unpaired) electrons. The number of quaternary nitrogens is 1. The summed E-state index contributed by atoms with van der Waals surface area (Å²) in [5, 5.41) is 0. The van der Waals surface area contributed by atoms with E-state index in [1.54, 1.807) is 0 Å². The third kappa shape index (κ3) is 40.5. The molecular formula is C42H88BrN. The summed E-state index contributed by atoms with van der Waals surface area (Å²) in [6.45, 7) is 7.39. The highest BCUT2D eigenvalue weighted by Gasteiger charge is 2.13. The summed E-state index contributed by atoms with van der Waals surface area (Å²) in [4.78, 5) is 0. The van der Waals surface area contributed by atoms with Crippen molar-refractivity contribution in [1.82, 2.24) is 0 Å². The molecule has 0 aliphatic carbocycles. The Balaban J connectivity index is 0. The van der Waals surface area contributed by atoms with Crippen molar-refractivity contribution < 1.29 is 21.5 Å². The monoisotopic (exact) mass is 686 g/mol. The Kier molecular flexibility index (Phi) is 41.9. The van der Waals surface area contributed by atoms with Crippen molar-refractivity contribution in [2.24, 2.45) is 0 Å². The fraction of sp³-hybridized carbons (Fsp3) is 1.00. The average Bonchev–Trinajstić information content (AvgIpc) is 3.00. The number of halogens is 1. The van der Waals surface area contributed by atoms with Crippen LogP contribution in [0.3, 0.4) is 0 Å². The van der Waals surface area contributed by atoms with Crippen molar-refractivity contribution in [3.05, 3.63) is 0 Å². The Morgan fingerprint density at radius 3 is 0.523 bits per heavy atom. The van der Waals surface area contributed by atoms with Gasteiger partial charge in [0.15, 0.2) is 0 Å². The summed E-state index contributed by atoms with van der Waals surface area (Å²) >= 11 is 0. The first-order valence-corrected chi connectivity index (χ1v) is 20.9. The minimum atomic E-state index is 0. The highest BCUT2D eigenvalue weighted by Crippen LogP contribution is 2.17. The normalized spacial score (nSPS) is 11.7. The van der Waals surface area contributed by atoms with Crippen molar-refractivity contribution in [2.45, 2.75) is 245 Å². The summed E-state index contributed by atoms with van der Waals surface area (Å²) in [5.41, 5.74) is 0. The van der Waals surface area contributed by atoms with Crippen LogP contribution in [0.2, 0.25) is 0 Å². The van der Waals surface area contributed by atoms with Crippen LogP contribution < -0.4 is 17.0 Å². The fourth-order valence-electron chi connectivity index (χ4n) is 6.99. The van der Waals surface area contributed by atoms with Gasteiger partial charge in [-0.1, -0.05) is 219 Å². The smallest absolute Gasteiger partial charge is 0.0782 e. The zero-order valence-corrected chi connectivity index (χ0v) is 33.3. The van der Waals surface area contributed by atoms with E-state index in [4.69, 9.17) is 0 Å². The summed E-state index contributed by atoms with van der Waals surface area (Å²) < 4.78 is 1.25. The molecule has 0 heterocycles. The molecular weight excluding hydrogens is 598 g/mol. The van der Waals surface area contributed by atoms with E-state index in [2.05, 4.69) is 27.9 Å². The molecule has 0 aromatic heterocycles. The molecule has 2 heteroatoms. The number of nitrogens with zero attached hydrogens (tertiary/aromatic N) is 1. The molecule has 0 unspecified atom stereocenters. The summed E-state index contributed by atoms with van der Waals surface area (Å²) in [6, 6.07) is 0. The molecule has 268 valence electrons. The van der Waals surface area contributed by atoms with Crippen molar-refractivity contribution >= 4 is 0 Å². The van der Waals surface area contributed by atoms with E-state index >= 15 is 0 Å². The van der Waals surface area contributed by atoms with Crippen LogP contribution in [-0.2, 0) is 0 Å². The maximum Gasteiger partial charge on any atom is 0.0782 e. The van der Waals surface area contributed by atoms with Gasteiger partial charge in [0.25, 0.3) is 0 Å². The number of unbranched alkanes of at least 4 members (excludes halogenated alkanes) is 34. The van der Waals surface area contributed by atoms with Gasteiger partial charge in [-0.2, -0.15) is 0 Å².